The highest BCUT2D eigenvalue weighted by Crippen LogP contribution is 2.32. The Labute approximate surface area is 215 Å². The summed E-state index contributed by atoms with van der Waals surface area (Å²) in [7, 11) is 0. The summed E-state index contributed by atoms with van der Waals surface area (Å²) >= 11 is 0. The molecule has 9 nitrogen and oxygen atoms in total. The molecule has 9 heteroatoms. The third kappa shape index (κ3) is 7.81. The Hall–Kier alpha value is -4.37. The quantitative estimate of drug-likeness (QED) is 0.358. The third-order valence-corrected chi connectivity index (χ3v) is 5.69. The van der Waals surface area contributed by atoms with E-state index in [2.05, 4.69) is 10.6 Å². The van der Waals surface area contributed by atoms with Crippen molar-refractivity contribution in [1.82, 2.24) is 10.6 Å². The minimum Gasteiger partial charge on any atom is -0.486 e. The summed E-state index contributed by atoms with van der Waals surface area (Å²) in [5.74, 6) is -2.18. The van der Waals surface area contributed by atoms with Crippen LogP contribution in [-0.2, 0) is 14.4 Å². The van der Waals surface area contributed by atoms with Crippen molar-refractivity contribution in [2.75, 3.05) is 13.2 Å². The number of carbonyl (C=O) groups is 3. The molecule has 4 N–H and O–H groups in total. The van der Waals surface area contributed by atoms with Crippen LogP contribution in [0.1, 0.15) is 42.6 Å². The molecule has 0 spiro atoms. The number of carboxylic acid groups (broad SMARTS) is 2. The lowest BCUT2D eigenvalue weighted by molar-refractivity contribution is -0.159. The number of nitrogens with one attached hydrogen (secondary N) is 2. The summed E-state index contributed by atoms with van der Waals surface area (Å²) in [4.78, 5) is 31.3. The van der Waals surface area contributed by atoms with Crippen LogP contribution in [0.2, 0.25) is 0 Å². The number of amides is 1. The first kappa shape index (κ1) is 27.2. The number of hydrogen-bond acceptors (Lipinski definition) is 6. The Balaban J connectivity index is 0.000000568. The van der Waals surface area contributed by atoms with Gasteiger partial charge in [0.25, 0.3) is 0 Å². The average molecular weight is 507 g/mol. The van der Waals surface area contributed by atoms with Crippen molar-refractivity contribution < 1.29 is 34.1 Å². The molecule has 2 atom stereocenters. The van der Waals surface area contributed by atoms with Crippen molar-refractivity contribution in [3.8, 4) is 11.5 Å². The zero-order chi connectivity index (χ0) is 26.8. The van der Waals surface area contributed by atoms with E-state index in [0.29, 0.717) is 13.2 Å². The molecule has 0 radical (unpaired) electrons. The smallest absolute Gasteiger partial charge is 0.414 e. The fourth-order valence-electron chi connectivity index (χ4n) is 3.79. The molecule has 0 aromatic heterocycles. The van der Waals surface area contributed by atoms with Gasteiger partial charge in [0.1, 0.15) is 13.2 Å². The summed E-state index contributed by atoms with van der Waals surface area (Å²) in [6, 6.07) is 25.4. The van der Waals surface area contributed by atoms with E-state index in [9.17, 15) is 4.79 Å². The Morgan fingerprint density at radius 3 is 1.76 bits per heavy atom. The highest BCUT2D eigenvalue weighted by atomic mass is 16.6. The molecule has 0 saturated heterocycles. The standard InChI is InChI=1S/C26H28N2O3.C2H2O4/c1-18(22-13-14-23-24(17-22)31-16-15-30-23)27-19(2)26(29)28-25(20-9-5-3-6-10-20)21-11-7-4-8-12-21;3-1(4)2(5)6/h3-14,17-19,25,27H,15-16H2,1-2H3,(H,28,29);(H,3,4)(H,5,6). The van der Waals surface area contributed by atoms with Crippen molar-refractivity contribution >= 4 is 17.8 Å². The van der Waals surface area contributed by atoms with Crippen LogP contribution in [0.5, 0.6) is 11.5 Å². The summed E-state index contributed by atoms with van der Waals surface area (Å²) in [6.07, 6.45) is 0. The van der Waals surface area contributed by atoms with Gasteiger partial charge >= 0.3 is 11.9 Å². The van der Waals surface area contributed by atoms with Gasteiger partial charge in [-0.15, -0.1) is 0 Å². The molecular formula is C28H30N2O7. The number of ether oxygens (including phenoxy) is 2. The maximum Gasteiger partial charge on any atom is 0.414 e. The Bertz CT molecular complexity index is 1150. The maximum absolute atomic E-state index is 13.1. The van der Waals surface area contributed by atoms with Gasteiger partial charge in [-0.2, -0.15) is 0 Å². The van der Waals surface area contributed by atoms with Gasteiger partial charge in [0, 0.05) is 6.04 Å². The molecule has 1 amide bonds. The molecule has 2 unspecified atom stereocenters. The summed E-state index contributed by atoms with van der Waals surface area (Å²) in [6.45, 7) is 5.05. The Kier molecular flexibility index (Phi) is 9.62. The molecule has 194 valence electrons. The zero-order valence-electron chi connectivity index (χ0n) is 20.6. The van der Waals surface area contributed by atoms with Crippen molar-refractivity contribution in [1.29, 1.82) is 0 Å². The van der Waals surface area contributed by atoms with Crippen LogP contribution in [0.4, 0.5) is 0 Å². The van der Waals surface area contributed by atoms with E-state index in [0.717, 1.165) is 28.2 Å². The van der Waals surface area contributed by atoms with Gasteiger partial charge in [-0.25, -0.2) is 9.59 Å². The first-order chi connectivity index (χ1) is 17.8. The number of fused-ring (bicyclic) bond motifs is 1. The van der Waals surface area contributed by atoms with Crippen LogP contribution >= 0.6 is 0 Å². The first-order valence-electron chi connectivity index (χ1n) is 11.8. The summed E-state index contributed by atoms with van der Waals surface area (Å²) in [5, 5.41) is 21.4. The first-order valence-corrected chi connectivity index (χ1v) is 11.8. The van der Waals surface area contributed by atoms with Crippen LogP contribution in [0.15, 0.2) is 78.9 Å². The predicted molar refractivity (Wildman–Crippen MR) is 137 cm³/mol. The zero-order valence-corrected chi connectivity index (χ0v) is 20.6. The van der Waals surface area contributed by atoms with Gasteiger partial charge in [-0.3, -0.25) is 10.1 Å². The summed E-state index contributed by atoms with van der Waals surface area (Å²) in [5.41, 5.74) is 3.15. The van der Waals surface area contributed by atoms with Crippen molar-refractivity contribution in [3.63, 3.8) is 0 Å². The van der Waals surface area contributed by atoms with Crippen LogP contribution in [0.25, 0.3) is 0 Å². The van der Waals surface area contributed by atoms with Crippen molar-refractivity contribution in [3.05, 3.63) is 95.6 Å². The number of aliphatic carboxylic acids is 2. The van der Waals surface area contributed by atoms with Gasteiger partial charge in [0.2, 0.25) is 5.91 Å². The van der Waals surface area contributed by atoms with E-state index >= 15 is 0 Å². The Morgan fingerprint density at radius 1 is 0.730 bits per heavy atom. The number of carboxylic acids is 2. The largest absolute Gasteiger partial charge is 0.486 e. The van der Waals surface area contributed by atoms with Gasteiger partial charge in [-0.1, -0.05) is 66.7 Å². The minimum atomic E-state index is -1.82. The van der Waals surface area contributed by atoms with Crippen molar-refractivity contribution in [2.45, 2.75) is 32.0 Å². The molecule has 0 bridgehead atoms. The second kappa shape index (κ2) is 13.1. The lowest BCUT2D eigenvalue weighted by Crippen LogP contribution is -2.44. The SMILES string of the molecule is CC(NC(C)c1ccc2c(c1)OCCO2)C(=O)NC(c1ccccc1)c1ccccc1.O=C(O)C(=O)O. The van der Waals surface area contributed by atoms with Gasteiger partial charge in [-0.05, 0) is 42.7 Å². The normalized spacial score (nSPS) is 13.5. The van der Waals surface area contributed by atoms with Crippen LogP contribution in [0, 0.1) is 0 Å². The van der Waals surface area contributed by atoms with Gasteiger partial charge in [0.05, 0.1) is 12.1 Å². The topological polar surface area (TPSA) is 134 Å². The summed E-state index contributed by atoms with van der Waals surface area (Å²) < 4.78 is 11.3. The molecule has 0 aliphatic carbocycles. The molecule has 1 heterocycles. The maximum atomic E-state index is 13.1. The van der Waals surface area contributed by atoms with Crippen LogP contribution in [0.3, 0.4) is 0 Å². The molecule has 4 rings (SSSR count). The number of benzene rings is 3. The van der Waals surface area contributed by atoms with E-state index in [1.54, 1.807) is 0 Å². The van der Waals surface area contributed by atoms with E-state index < -0.39 is 11.9 Å². The predicted octanol–water partition coefficient (Wildman–Crippen LogP) is 3.56. The Morgan fingerprint density at radius 2 is 1.24 bits per heavy atom. The second-order valence-electron chi connectivity index (χ2n) is 8.39. The van der Waals surface area contributed by atoms with Gasteiger partial charge in [0.15, 0.2) is 11.5 Å². The van der Waals surface area contributed by atoms with Gasteiger partial charge < -0.3 is 25.0 Å². The fraction of sp³-hybridized carbons (Fsp3) is 0.250. The molecular weight excluding hydrogens is 476 g/mol. The highest BCUT2D eigenvalue weighted by Gasteiger charge is 2.22. The minimum absolute atomic E-state index is 0.0246. The van der Waals surface area contributed by atoms with E-state index in [4.69, 9.17) is 29.3 Å². The lowest BCUT2D eigenvalue weighted by Gasteiger charge is -2.25. The number of hydrogen-bond donors (Lipinski definition) is 4. The number of carbonyl (C=O) groups excluding carboxylic acids is 1. The second-order valence-corrected chi connectivity index (χ2v) is 8.39. The highest BCUT2D eigenvalue weighted by molar-refractivity contribution is 6.27. The number of rotatable bonds is 7. The van der Waals surface area contributed by atoms with Crippen LogP contribution in [-0.4, -0.2) is 47.3 Å². The van der Waals surface area contributed by atoms with E-state index in [1.165, 1.54) is 0 Å². The molecule has 3 aromatic rings. The molecule has 0 saturated carbocycles. The third-order valence-electron chi connectivity index (χ3n) is 5.69. The monoisotopic (exact) mass is 506 g/mol. The average Bonchev–Trinajstić information content (AvgIpc) is 2.92. The molecule has 0 fully saturated rings. The molecule has 3 aromatic carbocycles. The molecule has 1 aliphatic rings. The van der Waals surface area contributed by atoms with E-state index in [-0.39, 0.29) is 24.0 Å². The van der Waals surface area contributed by atoms with E-state index in [1.807, 2.05) is 92.7 Å². The molecule has 37 heavy (non-hydrogen) atoms. The van der Waals surface area contributed by atoms with Crippen molar-refractivity contribution in [2.24, 2.45) is 0 Å². The fourth-order valence-corrected chi connectivity index (χ4v) is 3.79. The molecule has 1 aliphatic heterocycles. The lowest BCUT2D eigenvalue weighted by atomic mass is 9.98. The van der Waals surface area contributed by atoms with Crippen LogP contribution < -0.4 is 20.1 Å².